The van der Waals surface area contributed by atoms with Crippen LogP contribution >= 0.6 is 0 Å². The minimum absolute atomic E-state index is 0.0391. The highest BCUT2D eigenvalue weighted by atomic mass is 16.1. The molecule has 0 aliphatic carbocycles. The van der Waals surface area contributed by atoms with Gasteiger partial charge in [-0.1, -0.05) is 0 Å². The second-order valence-corrected chi connectivity index (χ2v) is 4.67. The number of ketones is 1. The molecule has 2 N–H and O–H groups in total. The SMILES string of the molecule is CC(=O)C1CCNCCCN(C)CCCN1. The molecule has 0 saturated carbocycles. The van der Waals surface area contributed by atoms with Crippen molar-refractivity contribution in [1.82, 2.24) is 15.5 Å². The molecule has 1 saturated heterocycles. The van der Waals surface area contributed by atoms with E-state index in [-0.39, 0.29) is 11.8 Å². The molecular formula is C12H25N3O. The summed E-state index contributed by atoms with van der Waals surface area (Å²) in [5.74, 6) is 0.257. The van der Waals surface area contributed by atoms with Crippen LogP contribution in [-0.4, -0.2) is 56.5 Å². The van der Waals surface area contributed by atoms with Gasteiger partial charge in [-0.05, 0) is 66.0 Å². The summed E-state index contributed by atoms with van der Waals surface area (Å²) < 4.78 is 0. The van der Waals surface area contributed by atoms with Gasteiger partial charge in [0.15, 0.2) is 0 Å². The first-order valence-electron chi connectivity index (χ1n) is 6.33. The molecule has 1 aliphatic heterocycles. The van der Waals surface area contributed by atoms with E-state index < -0.39 is 0 Å². The summed E-state index contributed by atoms with van der Waals surface area (Å²) in [6, 6.07) is 0.0391. The quantitative estimate of drug-likeness (QED) is 0.673. The zero-order chi connectivity index (χ0) is 11.8. The van der Waals surface area contributed by atoms with Gasteiger partial charge in [-0.25, -0.2) is 0 Å². The first-order chi connectivity index (χ1) is 7.70. The Morgan fingerprint density at radius 3 is 2.56 bits per heavy atom. The molecule has 0 aromatic heterocycles. The van der Waals surface area contributed by atoms with Crippen molar-refractivity contribution in [3.05, 3.63) is 0 Å². The fourth-order valence-electron chi connectivity index (χ4n) is 2.03. The van der Waals surface area contributed by atoms with Crippen LogP contribution in [0.2, 0.25) is 0 Å². The first kappa shape index (κ1) is 13.6. The third-order valence-corrected chi connectivity index (χ3v) is 3.10. The van der Waals surface area contributed by atoms with Crippen molar-refractivity contribution in [2.24, 2.45) is 0 Å². The van der Waals surface area contributed by atoms with Crippen LogP contribution in [0.4, 0.5) is 0 Å². The zero-order valence-electron chi connectivity index (χ0n) is 10.6. The summed E-state index contributed by atoms with van der Waals surface area (Å²) in [7, 11) is 2.16. The zero-order valence-corrected chi connectivity index (χ0v) is 10.6. The highest BCUT2D eigenvalue weighted by molar-refractivity contribution is 5.81. The van der Waals surface area contributed by atoms with E-state index in [4.69, 9.17) is 0 Å². The van der Waals surface area contributed by atoms with Crippen molar-refractivity contribution < 1.29 is 4.79 Å². The third-order valence-electron chi connectivity index (χ3n) is 3.10. The Bertz CT molecular complexity index is 208. The summed E-state index contributed by atoms with van der Waals surface area (Å²) in [6.07, 6.45) is 3.22. The lowest BCUT2D eigenvalue weighted by atomic mass is 10.1. The second kappa shape index (κ2) is 7.76. The summed E-state index contributed by atoms with van der Waals surface area (Å²) in [5, 5.41) is 6.73. The van der Waals surface area contributed by atoms with Gasteiger partial charge in [0, 0.05) is 0 Å². The molecule has 0 amide bonds. The summed E-state index contributed by atoms with van der Waals surface area (Å²) in [5.41, 5.74) is 0. The molecule has 1 heterocycles. The van der Waals surface area contributed by atoms with Gasteiger partial charge in [-0.2, -0.15) is 0 Å². The summed E-state index contributed by atoms with van der Waals surface area (Å²) in [6.45, 7) is 6.86. The Morgan fingerprint density at radius 1 is 1.19 bits per heavy atom. The smallest absolute Gasteiger partial charge is 0.146 e. The molecule has 0 aromatic rings. The fraction of sp³-hybridized carbons (Fsp3) is 0.917. The highest BCUT2D eigenvalue weighted by Crippen LogP contribution is 1.96. The Balaban J connectivity index is 2.35. The van der Waals surface area contributed by atoms with Crippen molar-refractivity contribution >= 4 is 5.78 Å². The van der Waals surface area contributed by atoms with E-state index in [1.807, 2.05) is 0 Å². The van der Waals surface area contributed by atoms with Gasteiger partial charge >= 0.3 is 0 Å². The van der Waals surface area contributed by atoms with E-state index in [1.165, 1.54) is 6.42 Å². The number of Topliss-reactive ketones (excluding diaryl/α,β-unsaturated/α-hetero) is 1. The minimum atomic E-state index is 0.0391. The number of hydrogen-bond donors (Lipinski definition) is 2. The predicted molar refractivity (Wildman–Crippen MR) is 66.7 cm³/mol. The van der Waals surface area contributed by atoms with Crippen LogP contribution in [0, 0.1) is 0 Å². The van der Waals surface area contributed by atoms with Crippen molar-refractivity contribution in [3.63, 3.8) is 0 Å². The number of hydrogen-bond acceptors (Lipinski definition) is 4. The van der Waals surface area contributed by atoms with E-state index in [0.29, 0.717) is 0 Å². The molecule has 94 valence electrons. The lowest BCUT2D eigenvalue weighted by molar-refractivity contribution is -0.119. The van der Waals surface area contributed by atoms with Crippen LogP contribution in [0.5, 0.6) is 0 Å². The average molecular weight is 227 g/mol. The number of rotatable bonds is 1. The Kier molecular flexibility index (Phi) is 6.61. The van der Waals surface area contributed by atoms with Crippen molar-refractivity contribution in [1.29, 1.82) is 0 Å². The molecular weight excluding hydrogens is 202 g/mol. The predicted octanol–water partition coefficient (Wildman–Crippen LogP) is 0.239. The van der Waals surface area contributed by atoms with Gasteiger partial charge in [-0.3, -0.25) is 4.79 Å². The van der Waals surface area contributed by atoms with Crippen LogP contribution in [0.25, 0.3) is 0 Å². The molecule has 1 aliphatic rings. The van der Waals surface area contributed by atoms with E-state index in [2.05, 4.69) is 22.6 Å². The van der Waals surface area contributed by atoms with Gasteiger partial charge < -0.3 is 15.5 Å². The average Bonchev–Trinajstić information content (AvgIpc) is 2.22. The molecule has 0 bridgehead atoms. The summed E-state index contributed by atoms with van der Waals surface area (Å²) >= 11 is 0. The van der Waals surface area contributed by atoms with Crippen molar-refractivity contribution in [2.45, 2.75) is 32.2 Å². The maximum atomic E-state index is 11.4. The lowest BCUT2D eigenvalue weighted by Crippen LogP contribution is -2.40. The molecule has 0 spiro atoms. The van der Waals surface area contributed by atoms with Crippen LogP contribution in [-0.2, 0) is 4.79 Å². The maximum Gasteiger partial charge on any atom is 0.146 e. The van der Waals surface area contributed by atoms with Gasteiger partial charge in [0.1, 0.15) is 5.78 Å². The van der Waals surface area contributed by atoms with Gasteiger partial charge in [0.05, 0.1) is 6.04 Å². The number of nitrogens with zero attached hydrogens (tertiary/aromatic N) is 1. The Morgan fingerprint density at radius 2 is 1.88 bits per heavy atom. The van der Waals surface area contributed by atoms with Gasteiger partial charge in [0.25, 0.3) is 0 Å². The number of nitrogens with one attached hydrogen (secondary N) is 2. The van der Waals surface area contributed by atoms with E-state index >= 15 is 0 Å². The first-order valence-corrected chi connectivity index (χ1v) is 6.33. The second-order valence-electron chi connectivity index (χ2n) is 4.67. The normalized spacial score (nSPS) is 26.8. The Hall–Kier alpha value is -0.450. The molecule has 1 atom stereocenters. The van der Waals surface area contributed by atoms with Gasteiger partial charge in [-0.15, -0.1) is 0 Å². The molecule has 4 heteroatoms. The minimum Gasteiger partial charge on any atom is -0.317 e. The monoisotopic (exact) mass is 227 g/mol. The molecule has 1 unspecified atom stereocenters. The highest BCUT2D eigenvalue weighted by Gasteiger charge is 2.13. The van der Waals surface area contributed by atoms with Crippen molar-refractivity contribution in [2.75, 3.05) is 39.8 Å². The fourth-order valence-corrected chi connectivity index (χ4v) is 2.03. The molecule has 16 heavy (non-hydrogen) atoms. The van der Waals surface area contributed by atoms with Crippen LogP contribution in [0.15, 0.2) is 0 Å². The van der Waals surface area contributed by atoms with E-state index in [9.17, 15) is 4.79 Å². The molecule has 4 nitrogen and oxygen atoms in total. The molecule has 1 rings (SSSR count). The largest absolute Gasteiger partial charge is 0.317 e. The topological polar surface area (TPSA) is 44.4 Å². The molecule has 0 radical (unpaired) electrons. The van der Waals surface area contributed by atoms with Crippen molar-refractivity contribution in [3.8, 4) is 0 Å². The standard InChI is InChI=1S/C12H25N3O/c1-11(16)12-5-8-13-6-3-9-15(2)10-4-7-14-12/h12-14H,3-10H2,1-2H3. The molecule has 1 fully saturated rings. The summed E-state index contributed by atoms with van der Waals surface area (Å²) in [4.78, 5) is 13.7. The van der Waals surface area contributed by atoms with Crippen LogP contribution < -0.4 is 10.6 Å². The third kappa shape index (κ3) is 5.58. The Labute approximate surface area is 98.8 Å². The number of carbonyl (C=O) groups is 1. The lowest BCUT2D eigenvalue weighted by Gasteiger charge is -2.21. The number of carbonyl (C=O) groups excluding carboxylic acids is 1. The van der Waals surface area contributed by atoms with Gasteiger partial charge in [0.2, 0.25) is 0 Å². The van der Waals surface area contributed by atoms with Crippen LogP contribution in [0.1, 0.15) is 26.2 Å². The van der Waals surface area contributed by atoms with E-state index in [0.717, 1.165) is 45.6 Å². The maximum absolute atomic E-state index is 11.4. The molecule has 0 aromatic carbocycles. The van der Waals surface area contributed by atoms with Crippen LogP contribution in [0.3, 0.4) is 0 Å². The van der Waals surface area contributed by atoms with E-state index in [1.54, 1.807) is 6.92 Å².